The molecule has 4 aromatic carbocycles. The van der Waals surface area contributed by atoms with Crippen LogP contribution in [0.4, 0.5) is 0 Å². The molecule has 0 unspecified atom stereocenters. The summed E-state index contributed by atoms with van der Waals surface area (Å²) in [6.07, 6.45) is 7.19. The molecule has 2 atom stereocenters. The molecule has 2 aliphatic heterocycles. The van der Waals surface area contributed by atoms with E-state index in [0.29, 0.717) is 13.1 Å². The second-order valence-corrected chi connectivity index (χ2v) is 16.0. The molecule has 0 fully saturated rings. The number of rotatable bonds is 6. The molecule has 2 aliphatic rings. The predicted octanol–water partition coefficient (Wildman–Crippen LogP) is 10.5. The van der Waals surface area contributed by atoms with Crippen LogP contribution in [0.3, 0.4) is 0 Å². The van der Waals surface area contributed by atoms with Crippen molar-refractivity contribution in [2.75, 3.05) is 13.1 Å². The second-order valence-electron chi connectivity index (χ2n) is 13.3. The van der Waals surface area contributed by atoms with Gasteiger partial charge in [-0.15, -0.1) is 22.7 Å². The standard InChI is InChI=1S/2C23H21NOS/c2*1-17-14-20-21(19-10-6-3-7-11-19)15-24(16-22(20)26-17)23(25)13-12-18-8-4-2-5-9-18/h2*2-14,21H,15-16H2,1H3/b2*13-12+/t2*21-/m10/s1. The zero-order valence-corrected chi connectivity index (χ0v) is 31.2. The molecular weight excluding hydrogens is 677 g/mol. The van der Waals surface area contributed by atoms with Gasteiger partial charge in [-0.3, -0.25) is 9.59 Å². The fourth-order valence-electron chi connectivity index (χ4n) is 7.07. The highest BCUT2D eigenvalue weighted by Gasteiger charge is 2.31. The van der Waals surface area contributed by atoms with Gasteiger partial charge in [-0.1, -0.05) is 121 Å². The van der Waals surface area contributed by atoms with Crippen molar-refractivity contribution < 1.29 is 9.59 Å². The Morgan fingerprint density at radius 1 is 0.538 bits per heavy atom. The first kappa shape index (κ1) is 35.1. The van der Waals surface area contributed by atoms with Crippen molar-refractivity contribution in [1.29, 1.82) is 0 Å². The van der Waals surface area contributed by atoms with Crippen molar-refractivity contribution >= 4 is 46.6 Å². The topological polar surface area (TPSA) is 40.6 Å². The highest BCUT2D eigenvalue weighted by atomic mass is 32.1. The predicted molar refractivity (Wildman–Crippen MR) is 216 cm³/mol. The van der Waals surface area contributed by atoms with Gasteiger partial charge in [-0.2, -0.15) is 0 Å². The number of amides is 2. The first-order valence-electron chi connectivity index (χ1n) is 17.7. The smallest absolute Gasteiger partial charge is 0.246 e. The van der Waals surface area contributed by atoms with Gasteiger partial charge in [-0.25, -0.2) is 0 Å². The van der Waals surface area contributed by atoms with Crippen LogP contribution in [-0.2, 0) is 22.7 Å². The summed E-state index contributed by atoms with van der Waals surface area (Å²) in [4.78, 5) is 34.8. The molecule has 0 aliphatic carbocycles. The molecule has 260 valence electrons. The molecule has 0 radical (unpaired) electrons. The number of carbonyl (C=O) groups is 2. The Kier molecular flexibility index (Phi) is 11.1. The summed E-state index contributed by atoms with van der Waals surface area (Å²) < 4.78 is 0. The van der Waals surface area contributed by atoms with E-state index in [-0.39, 0.29) is 23.7 Å². The van der Waals surface area contributed by atoms with Gasteiger partial charge in [0.1, 0.15) is 0 Å². The molecule has 0 saturated carbocycles. The molecule has 0 saturated heterocycles. The average molecular weight is 719 g/mol. The fourth-order valence-corrected chi connectivity index (χ4v) is 9.29. The molecule has 4 heterocycles. The number of carbonyl (C=O) groups excluding carboxylic acids is 2. The lowest BCUT2D eigenvalue weighted by Gasteiger charge is -2.32. The van der Waals surface area contributed by atoms with Gasteiger partial charge in [0, 0.05) is 56.6 Å². The minimum atomic E-state index is 0.0755. The van der Waals surface area contributed by atoms with E-state index in [1.807, 2.05) is 94.7 Å². The van der Waals surface area contributed by atoms with E-state index in [4.69, 9.17) is 0 Å². The van der Waals surface area contributed by atoms with E-state index < -0.39 is 0 Å². The number of hydrogen-bond acceptors (Lipinski definition) is 4. The van der Waals surface area contributed by atoms with Gasteiger partial charge in [0.05, 0.1) is 13.1 Å². The highest BCUT2D eigenvalue weighted by molar-refractivity contribution is 7.12. The van der Waals surface area contributed by atoms with Crippen molar-refractivity contribution in [3.63, 3.8) is 0 Å². The number of benzene rings is 4. The van der Waals surface area contributed by atoms with E-state index >= 15 is 0 Å². The second kappa shape index (κ2) is 16.4. The van der Waals surface area contributed by atoms with Gasteiger partial charge in [0.25, 0.3) is 0 Å². The van der Waals surface area contributed by atoms with Gasteiger partial charge < -0.3 is 9.80 Å². The Morgan fingerprint density at radius 2 is 0.885 bits per heavy atom. The van der Waals surface area contributed by atoms with Crippen molar-refractivity contribution in [3.8, 4) is 0 Å². The zero-order chi connectivity index (χ0) is 35.9. The monoisotopic (exact) mass is 718 g/mol. The number of hydrogen-bond donors (Lipinski definition) is 0. The molecule has 6 aromatic rings. The lowest BCUT2D eigenvalue weighted by molar-refractivity contribution is -0.127. The summed E-state index contributed by atoms with van der Waals surface area (Å²) in [5, 5.41) is 0. The molecule has 6 heteroatoms. The third-order valence-electron chi connectivity index (χ3n) is 9.62. The molecule has 0 N–H and O–H groups in total. The van der Waals surface area contributed by atoms with Crippen LogP contribution in [0.25, 0.3) is 12.2 Å². The van der Waals surface area contributed by atoms with Crippen LogP contribution in [-0.4, -0.2) is 34.7 Å². The van der Waals surface area contributed by atoms with Gasteiger partial charge >= 0.3 is 0 Å². The first-order chi connectivity index (χ1) is 25.4. The van der Waals surface area contributed by atoms with Crippen LogP contribution in [0.2, 0.25) is 0 Å². The maximum Gasteiger partial charge on any atom is 0.246 e. The minimum Gasteiger partial charge on any atom is -0.333 e. The average Bonchev–Trinajstić information content (AvgIpc) is 3.77. The number of thiophene rings is 2. The Bertz CT molecular complexity index is 2010. The normalized spacial score (nSPS) is 16.7. The molecule has 2 aromatic heterocycles. The van der Waals surface area contributed by atoms with E-state index in [2.05, 4.69) is 74.5 Å². The van der Waals surface area contributed by atoms with Crippen LogP contribution in [0.5, 0.6) is 0 Å². The summed E-state index contributed by atoms with van der Waals surface area (Å²) in [5.74, 6) is 0.649. The molecule has 0 bridgehead atoms. The highest BCUT2D eigenvalue weighted by Crippen LogP contribution is 2.39. The van der Waals surface area contributed by atoms with Crippen LogP contribution in [0, 0.1) is 13.8 Å². The number of fused-ring (bicyclic) bond motifs is 2. The molecule has 4 nitrogen and oxygen atoms in total. The maximum absolute atomic E-state index is 12.8. The van der Waals surface area contributed by atoms with Crippen molar-refractivity contribution in [2.24, 2.45) is 0 Å². The lowest BCUT2D eigenvalue weighted by Crippen LogP contribution is -2.37. The molecule has 0 spiro atoms. The summed E-state index contributed by atoms with van der Waals surface area (Å²) >= 11 is 3.61. The SMILES string of the molecule is Cc1cc2c(s1)CN(C(=O)/C=C/c1ccccc1)C[C@@H]2c1ccccc1.Cc1cc2c(s1)CN(C(=O)/C=C/c1ccccc1)C[C@H]2c1ccccc1. The first-order valence-corrected chi connectivity index (χ1v) is 19.4. The van der Waals surface area contributed by atoms with Gasteiger partial charge in [-0.05, 0) is 71.5 Å². The van der Waals surface area contributed by atoms with E-state index in [1.165, 1.54) is 41.8 Å². The van der Waals surface area contributed by atoms with Crippen LogP contribution in [0.15, 0.2) is 146 Å². The zero-order valence-electron chi connectivity index (χ0n) is 29.5. The lowest BCUT2D eigenvalue weighted by atomic mass is 9.88. The van der Waals surface area contributed by atoms with Crippen LogP contribution < -0.4 is 0 Å². The molecule has 2 amide bonds. The maximum atomic E-state index is 12.8. The van der Waals surface area contributed by atoms with Crippen molar-refractivity contribution in [3.05, 3.63) is 199 Å². The summed E-state index contributed by atoms with van der Waals surface area (Å²) in [6, 6.07) is 45.5. The van der Waals surface area contributed by atoms with Crippen molar-refractivity contribution in [1.82, 2.24) is 9.80 Å². The van der Waals surface area contributed by atoms with E-state index in [0.717, 1.165) is 24.2 Å². The van der Waals surface area contributed by atoms with Crippen LogP contribution >= 0.6 is 22.7 Å². The fraction of sp³-hybridized carbons (Fsp3) is 0.174. The largest absolute Gasteiger partial charge is 0.333 e. The number of nitrogens with zero attached hydrogens (tertiary/aromatic N) is 2. The molecule has 52 heavy (non-hydrogen) atoms. The number of aryl methyl sites for hydroxylation is 2. The summed E-state index contributed by atoms with van der Waals surface area (Å²) in [5.41, 5.74) is 7.41. The molecular formula is C46H42N2O2S2. The third-order valence-corrected chi connectivity index (χ3v) is 11.7. The van der Waals surface area contributed by atoms with Gasteiger partial charge in [0.15, 0.2) is 0 Å². The third kappa shape index (κ3) is 8.42. The van der Waals surface area contributed by atoms with Crippen LogP contribution in [0.1, 0.15) is 64.7 Å². The van der Waals surface area contributed by atoms with Gasteiger partial charge in [0.2, 0.25) is 11.8 Å². The van der Waals surface area contributed by atoms with E-state index in [9.17, 15) is 9.59 Å². The van der Waals surface area contributed by atoms with Crippen molar-refractivity contribution in [2.45, 2.75) is 38.8 Å². The Balaban J connectivity index is 0.000000162. The molecule has 8 rings (SSSR count). The summed E-state index contributed by atoms with van der Waals surface area (Å²) in [7, 11) is 0. The summed E-state index contributed by atoms with van der Waals surface area (Å²) in [6.45, 7) is 7.15. The minimum absolute atomic E-state index is 0.0755. The Labute approximate surface area is 315 Å². The van der Waals surface area contributed by atoms with E-state index in [1.54, 1.807) is 34.8 Å². The Morgan fingerprint density at radius 3 is 1.25 bits per heavy atom. The Hall–Kier alpha value is -5.30. The quantitative estimate of drug-likeness (QED) is 0.161.